The molecule has 1 unspecified atom stereocenters. The number of rotatable bonds is 3. The van der Waals surface area contributed by atoms with Gasteiger partial charge in [0.1, 0.15) is 0 Å². The lowest BCUT2D eigenvalue weighted by Gasteiger charge is -2.35. The Bertz CT molecular complexity index is 557. The van der Waals surface area contributed by atoms with E-state index < -0.39 is 6.10 Å². The van der Waals surface area contributed by atoms with Gasteiger partial charge in [0.25, 0.3) is 0 Å². The molecule has 0 saturated carbocycles. The fourth-order valence-corrected chi connectivity index (χ4v) is 2.67. The Morgan fingerprint density at radius 2 is 1.71 bits per heavy atom. The van der Waals surface area contributed by atoms with Crippen LogP contribution in [0.15, 0.2) is 18.2 Å². The Morgan fingerprint density at radius 3 is 2.24 bits per heavy atom. The van der Waals surface area contributed by atoms with E-state index in [1.807, 2.05) is 45.9 Å². The summed E-state index contributed by atoms with van der Waals surface area (Å²) in [5, 5.41) is 10.3. The molecule has 0 radical (unpaired) electrons. The average molecular weight is 289 g/mol. The van der Waals surface area contributed by atoms with E-state index in [0.29, 0.717) is 12.8 Å². The van der Waals surface area contributed by atoms with E-state index in [9.17, 15) is 14.7 Å². The van der Waals surface area contributed by atoms with Crippen LogP contribution in [0, 0.1) is 19.3 Å². The van der Waals surface area contributed by atoms with Crippen molar-refractivity contribution in [3.63, 3.8) is 0 Å². The van der Waals surface area contributed by atoms with Gasteiger partial charge in [0.15, 0.2) is 0 Å². The summed E-state index contributed by atoms with van der Waals surface area (Å²) in [6.45, 7) is 7.85. The number of hydrogen-bond acceptors (Lipinski definition) is 3. The second-order valence-electron chi connectivity index (χ2n) is 6.78. The fraction of sp³-hybridized carbons (Fsp3) is 0.529. The number of nitrogens with zero attached hydrogens (tertiary/aromatic N) is 1. The number of piperidine rings is 1. The van der Waals surface area contributed by atoms with E-state index in [1.54, 1.807) is 0 Å². The number of carbonyl (C=O) groups excluding carboxylic acids is 2. The number of aliphatic hydroxyl groups excluding tert-OH is 1. The van der Waals surface area contributed by atoms with Crippen molar-refractivity contribution in [2.75, 3.05) is 6.54 Å². The smallest absolute Gasteiger partial charge is 0.229 e. The van der Waals surface area contributed by atoms with Crippen LogP contribution in [0.1, 0.15) is 49.5 Å². The van der Waals surface area contributed by atoms with Crippen LogP contribution in [0.25, 0.3) is 0 Å². The predicted octanol–water partition coefficient (Wildman–Crippen LogP) is 2.51. The molecule has 1 aromatic carbocycles. The van der Waals surface area contributed by atoms with E-state index in [4.69, 9.17) is 0 Å². The lowest BCUT2D eigenvalue weighted by molar-refractivity contribution is -0.154. The van der Waals surface area contributed by atoms with Crippen LogP contribution in [0.3, 0.4) is 0 Å². The lowest BCUT2D eigenvalue weighted by Crippen LogP contribution is -2.47. The minimum atomic E-state index is -0.835. The monoisotopic (exact) mass is 289 g/mol. The fourth-order valence-electron chi connectivity index (χ4n) is 2.67. The molecule has 1 aromatic rings. The highest BCUT2D eigenvalue weighted by atomic mass is 16.3. The number of hydrogen-bond donors (Lipinski definition) is 1. The van der Waals surface area contributed by atoms with Crippen LogP contribution in [0.4, 0.5) is 0 Å². The van der Waals surface area contributed by atoms with E-state index in [1.165, 1.54) is 4.90 Å². The predicted molar refractivity (Wildman–Crippen MR) is 80.6 cm³/mol. The van der Waals surface area contributed by atoms with Crippen LogP contribution >= 0.6 is 0 Å². The Morgan fingerprint density at radius 1 is 1.14 bits per heavy atom. The van der Waals surface area contributed by atoms with Crippen LogP contribution in [-0.4, -0.2) is 28.4 Å². The van der Waals surface area contributed by atoms with Gasteiger partial charge in [-0.3, -0.25) is 14.5 Å². The second kappa shape index (κ2) is 5.60. The van der Waals surface area contributed by atoms with Crippen molar-refractivity contribution >= 4 is 11.8 Å². The molecule has 0 spiro atoms. The molecule has 0 aliphatic carbocycles. The first-order valence-electron chi connectivity index (χ1n) is 7.28. The number of aliphatic hydroxyl groups is 1. The third kappa shape index (κ3) is 3.50. The van der Waals surface area contributed by atoms with Gasteiger partial charge >= 0.3 is 0 Å². The molecule has 1 heterocycles. The van der Waals surface area contributed by atoms with Crippen molar-refractivity contribution in [2.45, 2.75) is 46.6 Å². The molecule has 0 bridgehead atoms. The van der Waals surface area contributed by atoms with Gasteiger partial charge in [-0.25, -0.2) is 0 Å². The number of likely N-dealkylation sites (tertiary alicyclic amines) is 1. The maximum absolute atomic E-state index is 12.1. The van der Waals surface area contributed by atoms with Crippen LogP contribution in [-0.2, 0) is 9.59 Å². The summed E-state index contributed by atoms with van der Waals surface area (Å²) >= 11 is 0. The van der Waals surface area contributed by atoms with Crippen LogP contribution in [0.5, 0.6) is 0 Å². The number of amides is 2. The minimum absolute atomic E-state index is 0.0379. The number of β-amino-alcohol motifs (C(OH)–C–C–N with tert-alkyl or cyclic N) is 1. The Hall–Kier alpha value is -1.68. The summed E-state index contributed by atoms with van der Waals surface area (Å²) in [5.74, 6) is -0.390. The molecule has 4 heteroatoms. The molecule has 21 heavy (non-hydrogen) atoms. The SMILES string of the molecule is Cc1ccc(C(O)CN2C(=O)CC(C)(C)CC2=O)cc1C. The summed E-state index contributed by atoms with van der Waals surface area (Å²) < 4.78 is 0. The molecule has 4 nitrogen and oxygen atoms in total. The summed E-state index contributed by atoms with van der Waals surface area (Å²) in [5.41, 5.74) is 2.70. The molecule has 2 rings (SSSR count). The van der Waals surface area contributed by atoms with E-state index in [-0.39, 0.29) is 23.8 Å². The van der Waals surface area contributed by atoms with Gasteiger partial charge in [0, 0.05) is 12.8 Å². The standard InChI is InChI=1S/C17H23NO3/c1-11-5-6-13(7-12(11)2)14(19)10-18-15(20)8-17(3,4)9-16(18)21/h5-7,14,19H,8-10H2,1-4H3. The maximum Gasteiger partial charge on any atom is 0.229 e. The first-order chi connectivity index (χ1) is 9.69. The first-order valence-corrected chi connectivity index (χ1v) is 7.28. The van der Waals surface area contributed by atoms with Gasteiger partial charge in [0.2, 0.25) is 11.8 Å². The summed E-state index contributed by atoms with van der Waals surface area (Å²) in [6, 6.07) is 5.69. The Balaban J connectivity index is 2.12. The third-order valence-electron chi connectivity index (χ3n) is 4.13. The molecule has 1 saturated heterocycles. The number of carbonyl (C=O) groups is 2. The van der Waals surface area contributed by atoms with Crippen molar-refractivity contribution in [3.05, 3.63) is 34.9 Å². The van der Waals surface area contributed by atoms with Gasteiger partial charge in [0.05, 0.1) is 12.6 Å². The van der Waals surface area contributed by atoms with Crippen molar-refractivity contribution in [2.24, 2.45) is 5.41 Å². The second-order valence-corrected chi connectivity index (χ2v) is 6.78. The summed E-state index contributed by atoms with van der Waals surface area (Å²) in [6.07, 6.45) is -0.144. The first kappa shape index (κ1) is 15.7. The van der Waals surface area contributed by atoms with E-state index in [2.05, 4.69) is 0 Å². The number of imide groups is 1. The molecule has 0 aromatic heterocycles. The topological polar surface area (TPSA) is 57.6 Å². The third-order valence-corrected chi connectivity index (χ3v) is 4.13. The normalized spacial score (nSPS) is 19.8. The van der Waals surface area contributed by atoms with E-state index >= 15 is 0 Å². The highest BCUT2D eigenvalue weighted by Crippen LogP contribution is 2.32. The molecule has 1 atom stereocenters. The summed E-state index contributed by atoms with van der Waals surface area (Å²) in [4.78, 5) is 25.4. The molecular weight excluding hydrogens is 266 g/mol. The molecular formula is C17H23NO3. The zero-order chi connectivity index (χ0) is 15.8. The molecule has 1 aliphatic heterocycles. The highest BCUT2D eigenvalue weighted by molar-refractivity contribution is 5.98. The van der Waals surface area contributed by atoms with Crippen LogP contribution in [0.2, 0.25) is 0 Å². The average Bonchev–Trinajstić information content (AvgIpc) is 2.35. The van der Waals surface area contributed by atoms with Crippen molar-refractivity contribution in [1.82, 2.24) is 4.90 Å². The van der Waals surface area contributed by atoms with E-state index in [0.717, 1.165) is 16.7 Å². The largest absolute Gasteiger partial charge is 0.387 e. The van der Waals surface area contributed by atoms with Gasteiger partial charge in [-0.15, -0.1) is 0 Å². The molecule has 1 fully saturated rings. The van der Waals surface area contributed by atoms with Crippen molar-refractivity contribution in [1.29, 1.82) is 0 Å². The van der Waals surface area contributed by atoms with Gasteiger partial charge in [-0.1, -0.05) is 32.0 Å². The Kier molecular flexibility index (Phi) is 4.19. The molecule has 114 valence electrons. The van der Waals surface area contributed by atoms with Crippen molar-refractivity contribution < 1.29 is 14.7 Å². The van der Waals surface area contributed by atoms with Gasteiger partial charge in [-0.2, -0.15) is 0 Å². The number of aryl methyl sites for hydroxylation is 2. The van der Waals surface area contributed by atoms with Crippen LogP contribution < -0.4 is 0 Å². The van der Waals surface area contributed by atoms with Crippen molar-refractivity contribution in [3.8, 4) is 0 Å². The zero-order valence-electron chi connectivity index (χ0n) is 13.1. The molecule has 1 aliphatic rings. The minimum Gasteiger partial charge on any atom is -0.387 e. The zero-order valence-corrected chi connectivity index (χ0v) is 13.1. The quantitative estimate of drug-likeness (QED) is 0.870. The van der Waals surface area contributed by atoms with Gasteiger partial charge in [-0.05, 0) is 36.0 Å². The van der Waals surface area contributed by atoms with Gasteiger partial charge < -0.3 is 5.11 Å². The lowest BCUT2D eigenvalue weighted by atomic mass is 9.81. The number of benzene rings is 1. The summed E-state index contributed by atoms with van der Waals surface area (Å²) in [7, 11) is 0. The Labute approximate surface area is 125 Å². The molecule has 2 amide bonds. The molecule has 1 N–H and O–H groups in total. The maximum atomic E-state index is 12.1. The highest BCUT2D eigenvalue weighted by Gasteiger charge is 2.38.